The highest BCUT2D eigenvalue weighted by Crippen LogP contribution is 2.85. The molecule has 2 aliphatic rings. The maximum Gasteiger partial charge on any atom is 0.365 e. The first-order chi connectivity index (χ1) is 21.6. The molecule has 44 heavy (non-hydrogen) atoms. The fourth-order valence-electron chi connectivity index (χ4n) is 6.61. The second-order valence-corrected chi connectivity index (χ2v) is 14.4. The summed E-state index contributed by atoms with van der Waals surface area (Å²) < 4.78 is 31.0. The summed E-state index contributed by atoms with van der Waals surface area (Å²) in [5.41, 5.74) is 0.489. The molecule has 3 aromatic rings. The number of ketones is 1. The lowest BCUT2D eigenvalue weighted by molar-refractivity contribution is -0.150. The Kier molecular flexibility index (Phi) is 11.7. The third kappa shape index (κ3) is 7.45. The van der Waals surface area contributed by atoms with Crippen molar-refractivity contribution in [3.8, 4) is 0 Å². The molecule has 236 valence electrons. The van der Waals surface area contributed by atoms with Crippen molar-refractivity contribution >= 4 is 13.4 Å². The molecule has 3 unspecified atom stereocenters. The highest BCUT2D eigenvalue weighted by atomic mass is 31.2. The Hall–Kier alpha value is -2.56. The van der Waals surface area contributed by atoms with Gasteiger partial charge in [0.05, 0.1) is 6.61 Å². The number of Topliss-reactive ketones (excluding diaryl/α,β-unsaturated/α-hetero) is 1. The lowest BCUT2D eigenvalue weighted by atomic mass is 9.79. The first-order valence-corrected chi connectivity index (χ1v) is 18.5. The first-order valence-electron chi connectivity index (χ1n) is 16.9. The van der Waals surface area contributed by atoms with Gasteiger partial charge in [-0.25, -0.2) is 0 Å². The molecule has 5 nitrogen and oxygen atoms in total. The van der Waals surface area contributed by atoms with E-state index < -0.39 is 24.6 Å². The van der Waals surface area contributed by atoms with Crippen LogP contribution in [0.2, 0.25) is 0 Å². The molecule has 3 aromatic carbocycles. The van der Waals surface area contributed by atoms with E-state index in [0.717, 1.165) is 36.0 Å². The lowest BCUT2D eigenvalue weighted by Gasteiger charge is -2.41. The highest BCUT2D eigenvalue weighted by Gasteiger charge is 2.82. The molecule has 3 atom stereocenters. The van der Waals surface area contributed by atoms with Crippen LogP contribution < -0.4 is 0 Å². The standard InChI is InChI=1S/C38H49O5P/c1-2-3-4-5-6-7-8-9-10-11-12-13-23-30-35(39)37(36-42-44(36,40)43-37)31-41-38(32-24-17-14-18-25-32,33-26-19-15-20-27-33)34-28-21-16-22-29-34/h14-22,24-29,36H,2-13,23,30-31H2,1H3. The van der Waals surface area contributed by atoms with Gasteiger partial charge in [0.2, 0.25) is 5.85 Å². The van der Waals surface area contributed by atoms with E-state index in [1.54, 1.807) is 0 Å². The van der Waals surface area contributed by atoms with E-state index in [1.807, 2.05) is 91.0 Å². The predicted molar refractivity (Wildman–Crippen MR) is 177 cm³/mol. The van der Waals surface area contributed by atoms with Crippen molar-refractivity contribution < 1.29 is 23.1 Å². The maximum atomic E-state index is 13.7. The fraction of sp³-hybridized carbons (Fsp3) is 0.500. The number of rotatable bonds is 21. The predicted octanol–water partition coefficient (Wildman–Crippen LogP) is 10.4. The second-order valence-electron chi connectivity index (χ2n) is 12.5. The largest absolute Gasteiger partial charge is 0.365 e. The quantitative estimate of drug-likeness (QED) is 0.0516. The third-order valence-electron chi connectivity index (χ3n) is 9.20. The van der Waals surface area contributed by atoms with Crippen LogP contribution >= 0.6 is 7.60 Å². The Morgan fingerprint density at radius 2 is 1.09 bits per heavy atom. The average molecular weight is 617 g/mol. The van der Waals surface area contributed by atoms with E-state index in [4.69, 9.17) is 13.8 Å². The molecule has 5 rings (SSSR count). The van der Waals surface area contributed by atoms with Crippen molar-refractivity contribution in [2.24, 2.45) is 0 Å². The molecule has 0 spiro atoms. The Bertz CT molecular complexity index is 1250. The lowest BCUT2D eigenvalue weighted by Crippen LogP contribution is -2.55. The first kappa shape index (κ1) is 32.8. The van der Waals surface area contributed by atoms with Gasteiger partial charge in [-0.1, -0.05) is 175 Å². The van der Waals surface area contributed by atoms with Crippen LogP contribution in [0.4, 0.5) is 0 Å². The van der Waals surface area contributed by atoms with Gasteiger partial charge in [-0.3, -0.25) is 18.4 Å². The van der Waals surface area contributed by atoms with Crippen LogP contribution in [0, 0.1) is 0 Å². The van der Waals surface area contributed by atoms with Gasteiger partial charge in [-0.05, 0) is 23.1 Å². The summed E-state index contributed by atoms with van der Waals surface area (Å²) in [6, 6.07) is 30.2. The molecular weight excluding hydrogens is 567 g/mol. The summed E-state index contributed by atoms with van der Waals surface area (Å²) in [4.78, 5) is 13.7. The van der Waals surface area contributed by atoms with Crippen LogP contribution in [0.5, 0.6) is 0 Å². The molecule has 0 N–H and O–H groups in total. The summed E-state index contributed by atoms with van der Waals surface area (Å²) in [5, 5.41) is 0. The summed E-state index contributed by atoms with van der Waals surface area (Å²) in [7, 11) is -3.15. The van der Waals surface area contributed by atoms with Crippen molar-refractivity contribution in [1.82, 2.24) is 0 Å². The second kappa shape index (κ2) is 15.6. The number of fused-ring (bicyclic) bond motifs is 1. The number of hydrogen-bond donors (Lipinski definition) is 0. The molecule has 2 fully saturated rings. The van der Waals surface area contributed by atoms with Gasteiger partial charge in [0.25, 0.3) is 0 Å². The Morgan fingerprint density at radius 3 is 1.45 bits per heavy atom. The average Bonchev–Trinajstić information content (AvgIpc) is 3.64. The molecule has 2 aliphatic heterocycles. The van der Waals surface area contributed by atoms with Crippen molar-refractivity contribution in [1.29, 1.82) is 0 Å². The molecule has 0 bridgehead atoms. The Labute approximate surface area is 264 Å². The molecule has 0 saturated carbocycles. The third-order valence-corrected chi connectivity index (χ3v) is 11.2. The number of hydrogen-bond acceptors (Lipinski definition) is 5. The molecule has 2 heterocycles. The molecule has 0 aromatic heterocycles. The van der Waals surface area contributed by atoms with Crippen LogP contribution in [0.15, 0.2) is 91.0 Å². The molecule has 6 heteroatoms. The Morgan fingerprint density at radius 1 is 0.682 bits per heavy atom. The number of carbonyl (C=O) groups excluding carboxylic acids is 1. The van der Waals surface area contributed by atoms with Crippen LogP contribution in [0.1, 0.15) is 114 Å². The van der Waals surface area contributed by atoms with E-state index in [2.05, 4.69) is 6.92 Å². The van der Waals surface area contributed by atoms with Crippen LogP contribution in [0.3, 0.4) is 0 Å². The van der Waals surface area contributed by atoms with Gasteiger partial charge in [0.15, 0.2) is 11.4 Å². The molecule has 0 aliphatic carbocycles. The van der Waals surface area contributed by atoms with E-state index in [0.29, 0.717) is 6.42 Å². The minimum atomic E-state index is -3.15. The summed E-state index contributed by atoms with van der Waals surface area (Å²) in [6.45, 7) is 2.22. The van der Waals surface area contributed by atoms with Gasteiger partial charge in [0.1, 0.15) is 5.60 Å². The van der Waals surface area contributed by atoms with Gasteiger partial charge in [-0.2, -0.15) is 0 Å². The molecule has 2 saturated heterocycles. The summed E-state index contributed by atoms with van der Waals surface area (Å²) >= 11 is 0. The van der Waals surface area contributed by atoms with Gasteiger partial charge >= 0.3 is 7.60 Å². The van der Waals surface area contributed by atoms with Gasteiger partial charge < -0.3 is 4.74 Å². The SMILES string of the molecule is CCCCCCCCCCCCCCCC(=O)C1(COC(c2ccccc2)(c2ccccc2)c2ccccc2)OP2(=O)OC12. The topological polar surface area (TPSA) is 65.1 Å². The zero-order valence-corrected chi connectivity index (χ0v) is 27.2. The number of benzene rings is 3. The van der Waals surface area contributed by atoms with Gasteiger partial charge in [-0.15, -0.1) is 0 Å². The monoisotopic (exact) mass is 616 g/mol. The number of ether oxygens (including phenoxy) is 1. The van der Waals surface area contributed by atoms with Crippen LogP contribution in [-0.2, 0) is 28.7 Å². The summed E-state index contributed by atoms with van der Waals surface area (Å²) in [5.74, 6) is -0.776. The van der Waals surface area contributed by atoms with Crippen molar-refractivity contribution in [2.75, 3.05) is 6.61 Å². The van der Waals surface area contributed by atoms with E-state index in [9.17, 15) is 9.36 Å². The fourth-order valence-corrected chi connectivity index (χ4v) is 8.70. The van der Waals surface area contributed by atoms with Crippen molar-refractivity contribution in [3.63, 3.8) is 0 Å². The van der Waals surface area contributed by atoms with Crippen molar-refractivity contribution in [3.05, 3.63) is 108 Å². The minimum Gasteiger partial charge on any atom is -0.357 e. The van der Waals surface area contributed by atoms with Gasteiger partial charge in [0, 0.05) is 6.42 Å². The van der Waals surface area contributed by atoms with Crippen LogP contribution in [-0.4, -0.2) is 23.8 Å². The molecule has 0 radical (unpaired) electrons. The maximum absolute atomic E-state index is 13.7. The normalized spacial score (nSPS) is 22.2. The minimum absolute atomic E-state index is 0.0440. The van der Waals surface area contributed by atoms with Crippen LogP contribution in [0.25, 0.3) is 0 Å². The van der Waals surface area contributed by atoms with Crippen molar-refractivity contribution in [2.45, 2.75) is 114 Å². The van der Waals surface area contributed by atoms with E-state index in [-0.39, 0.29) is 12.4 Å². The van der Waals surface area contributed by atoms with E-state index >= 15 is 0 Å². The zero-order valence-electron chi connectivity index (χ0n) is 26.3. The van der Waals surface area contributed by atoms with E-state index in [1.165, 1.54) is 64.2 Å². The zero-order chi connectivity index (χ0) is 30.7. The number of unbranched alkanes of at least 4 members (excludes halogenated alkanes) is 12. The molecule has 0 amide bonds. The summed E-state index contributed by atoms with van der Waals surface area (Å²) in [6.07, 6.45) is 16.6. The molecular formula is C38H49O5P. The smallest absolute Gasteiger partial charge is 0.357 e. The highest BCUT2D eigenvalue weighted by molar-refractivity contribution is 7.62. The Balaban J connectivity index is 1.20. The number of carbonyl (C=O) groups is 1.